The number of hydrogen-bond acceptors (Lipinski definition) is 7. The second-order valence-corrected chi connectivity index (χ2v) is 3.85. The van der Waals surface area contributed by atoms with Gasteiger partial charge in [-0.15, -0.1) is 10.2 Å². The summed E-state index contributed by atoms with van der Waals surface area (Å²) in [6.07, 6.45) is -0.463. The summed E-state index contributed by atoms with van der Waals surface area (Å²) in [6.45, 7) is 0. The molecule has 3 N–H and O–H groups in total. The van der Waals surface area contributed by atoms with Gasteiger partial charge in [-0.1, -0.05) is 11.3 Å². The highest BCUT2D eigenvalue weighted by Crippen LogP contribution is 2.07. The molecule has 2 amide bonds. The highest BCUT2D eigenvalue weighted by molar-refractivity contribution is 7.13. The van der Waals surface area contributed by atoms with Gasteiger partial charge in [-0.3, -0.25) is 10.1 Å². The first-order valence-corrected chi connectivity index (χ1v) is 5.54. The van der Waals surface area contributed by atoms with Crippen LogP contribution >= 0.6 is 11.3 Å². The lowest BCUT2D eigenvalue weighted by Crippen LogP contribution is -2.44. The Morgan fingerprint density at radius 2 is 2.28 bits per heavy atom. The van der Waals surface area contributed by atoms with Gasteiger partial charge < -0.3 is 15.2 Å². The number of esters is 1. The van der Waals surface area contributed by atoms with Crippen molar-refractivity contribution in [2.75, 3.05) is 12.4 Å². The summed E-state index contributed by atoms with van der Waals surface area (Å²) in [5.74, 6) is -2.08. The molecule has 0 aliphatic carbocycles. The predicted octanol–water partition coefficient (Wildman–Crippen LogP) is -0.324. The van der Waals surface area contributed by atoms with Crippen molar-refractivity contribution >= 4 is 34.4 Å². The molecule has 18 heavy (non-hydrogen) atoms. The quantitative estimate of drug-likeness (QED) is 0.627. The zero-order chi connectivity index (χ0) is 13.5. The summed E-state index contributed by atoms with van der Waals surface area (Å²) in [5.41, 5.74) is 1.40. The molecular weight excluding hydrogens is 264 g/mol. The Balaban J connectivity index is 2.52. The van der Waals surface area contributed by atoms with Gasteiger partial charge in [0.15, 0.2) is 0 Å². The first kappa shape index (κ1) is 13.8. The predicted molar refractivity (Wildman–Crippen MR) is 60.1 cm³/mol. The van der Waals surface area contributed by atoms with E-state index in [-0.39, 0.29) is 5.13 Å². The average Bonchev–Trinajstić information content (AvgIpc) is 2.80. The van der Waals surface area contributed by atoms with Crippen LogP contribution in [0.15, 0.2) is 5.51 Å². The number of hydrogen-bond donors (Lipinski definition) is 3. The summed E-state index contributed by atoms with van der Waals surface area (Å²) in [7, 11) is 1.13. The van der Waals surface area contributed by atoms with Crippen molar-refractivity contribution < 1.29 is 24.2 Å². The molecule has 0 bridgehead atoms. The molecule has 0 unspecified atom stereocenters. The molecule has 0 aliphatic heterocycles. The molecule has 1 heterocycles. The van der Waals surface area contributed by atoms with Crippen LogP contribution in [0.3, 0.4) is 0 Å². The van der Waals surface area contributed by atoms with Crippen LogP contribution in [0.4, 0.5) is 9.93 Å². The van der Waals surface area contributed by atoms with E-state index in [9.17, 15) is 14.4 Å². The zero-order valence-corrected chi connectivity index (χ0v) is 10.1. The van der Waals surface area contributed by atoms with Gasteiger partial charge in [-0.25, -0.2) is 9.59 Å². The average molecular weight is 274 g/mol. The maximum absolute atomic E-state index is 11.4. The fourth-order valence-electron chi connectivity index (χ4n) is 0.969. The molecule has 0 aromatic carbocycles. The van der Waals surface area contributed by atoms with Crippen LogP contribution < -0.4 is 10.6 Å². The minimum Gasteiger partial charge on any atom is -0.480 e. The number of anilines is 1. The number of methoxy groups -OCH3 is 1. The zero-order valence-electron chi connectivity index (χ0n) is 9.24. The molecule has 0 radical (unpaired) electrons. The fourth-order valence-corrected chi connectivity index (χ4v) is 1.41. The van der Waals surface area contributed by atoms with Crippen LogP contribution in [0.5, 0.6) is 0 Å². The van der Waals surface area contributed by atoms with Crippen LogP contribution in [0, 0.1) is 0 Å². The van der Waals surface area contributed by atoms with Gasteiger partial charge >= 0.3 is 18.0 Å². The molecule has 0 saturated heterocycles. The number of carboxylic acids is 1. The maximum atomic E-state index is 11.4. The summed E-state index contributed by atoms with van der Waals surface area (Å²) < 4.78 is 4.32. The standard InChI is InChI=1S/C8H10N4O5S/c1-17-5(13)2-4(6(14)15)10-7(16)11-8-12-9-3-18-8/h3-4H,2H2,1H3,(H,14,15)(H2,10,11,12,16)/t4-/m0/s1. The lowest BCUT2D eigenvalue weighted by molar-refractivity contribution is -0.147. The van der Waals surface area contributed by atoms with Gasteiger partial charge in [0.2, 0.25) is 5.13 Å². The third-order valence-electron chi connectivity index (χ3n) is 1.78. The van der Waals surface area contributed by atoms with Crippen LogP contribution in [0.1, 0.15) is 6.42 Å². The van der Waals surface area contributed by atoms with E-state index in [1.807, 2.05) is 0 Å². The number of carboxylic acid groups (broad SMARTS) is 1. The first-order chi connectivity index (χ1) is 8.52. The topological polar surface area (TPSA) is 131 Å². The van der Waals surface area contributed by atoms with Gasteiger partial charge in [-0.05, 0) is 0 Å². The van der Waals surface area contributed by atoms with E-state index in [1.165, 1.54) is 5.51 Å². The minimum absolute atomic E-state index is 0.217. The van der Waals surface area contributed by atoms with Gasteiger partial charge in [0.05, 0.1) is 13.5 Å². The molecule has 0 aliphatic rings. The lowest BCUT2D eigenvalue weighted by atomic mass is 10.2. The SMILES string of the molecule is COC(=O)C[C@H](NC(=O)Nc1nncs1)C(=O)O. The van der Waals surface area contributed by atoms with Gasteiger partial charge in [-0.2, -0.15) is 0 Å². The van der Waals surface area contributed by atoms with Crippen LogP contribution in [0.2, 0.25) is 0 Å². The minimum atomic E-state index is -1.37. The Bertz CT molecular complexity index is 435. The third-order valence-corrected chi connectivity index (χ3v) is 2.39. The van der Waals surface area contributed by atoms with Gasteiger partial charge in [0, 0.05) is 0 Å². The molecule has 1 aromatic rings. The van der Waals surface area contributed by atoms with Crippen LogP contribution in [-0.2, 0) is 14.3 Å². The van der Waals surface area contributed by atoms with Crippen LogP contribution in [-0.4, -0.2) is 46.4 Å². The number of carbonyl (C=O) groups is 3. The third kappa shape index (κ3) is 4.33. The number of carbonyl (C=O) groups excluding carboxylic acids is 2. The Labute approximate surface area is 105 Å². The first-order valence-electron chi connectivity index (χ1n) is 4.66. The van der Waals surface area contributed by atoms with E-state index in [0.717, 1.165) is 18.4 Å². The van der Waals surface area contributed by atoms with Crippen molar-refractivity contribution in [2.45, 2.75) is 12.5 Å². The largest absolute Gasteiger partial charge is 0.480 e. The molecule has 98 valence electrons. The van der Waals surface area contributed by atoms with Crippen molar-refractivity contribution in [1.29, 1.82) is 0 Å². The Morgan fingerprint density at radius 3 is 2.78 bits per heavy atom. The van der Waals surface area contributed by atoms with Crippen molar-refractivity contribution in [3.8, 4) is 0 Å². The van der Waals surface area contributed by atoms with Crippen molar-refractivity contribution in [3.63, 3.8) is 0 Å². The molecule has 1 atom stereocenters. The molecule has 0 fully saturated rings. The van der Waals surface area contributed by atoms with E-state index in [4.69, 9.17) is 5.11 Å². The van der Waals surface area contributed by atoms with E-state index in [1.54, 1.807) is 0 Å². The smallest absolute Gasteiger partial charge is 0.326 e. The van der Waals surface area contributed by atoms with Gasteiger partial charge in [0.1, 0.15) is 11.6 Å². The summed E-state index contributed by atoms with van der Waals surface area (Å²) in [4.78, 5) is 33.2. The molecule has 0 spiro atoms. The number of ether oxygens (including phenoxy) is 1. The highest BCUT2D eigenvalue weighted by Gasteiger charge is 2.23. The summed E-state index contributed by atoms with van der Waals surface area (Å²) >= 11 is 1.07. The Morgan fingerprint density at radius 1 is 1.56 bits per heavy atom. The molecule has 0 saturated carbocycles. The molecule has 10 heteroatoms. The van der Waals surface area contributed by atoms with Gasteiger partial charge in [0.25, 0.3) is 0 Å². The van der Waals surface area contributed by atoms with E-state index < -0.39 is 30.4 Å². The number of aromatic nitrogens is 2. The van der Waals surface area contributed by atoms with E-state index >= 15 is 0 Å². The molecule has 1 aromatic heterocycles. The summed E-state index contributed by atoms with van der Waals surface area (Å²) in [6, 6.07) is -2.16. The van der Waals surface area contributed by atoms with E-state index in [2.05, 4.69) is 25.6 Å². The van der Waals surface area contributed by atoms with Crippen molar-refractivity contribution in [2.24, 2.45) is 0 Å². The fraction of sp³-hybridized carbons (Fsp3) is 0.375. The van der Waals surface area contributed by atoms with E-state index in [0.29, 0.717) is 0 Å². The molecule has 9 nitrogen and oxygen atoms in total. The Hall–Kier alpha value is -2.23. The second kappa shape index (κ2) is 6.49. The number of rotatable bonds is 5. The van der Waals surface area contributed by atoms with Crippen molar-refractivity contribution in [3.05, 3.63) is 5.51 Å². The normalized spacial score (nSPS) is 11.4. The van der Waals surface area contributed by atoms with Crippen LogP contribution in [0.25, 0.3) is 0 Å². The maximum Gasteiger partial charge on any atom is 0.326 e. The molecule has 1 rings (SSSR count). The highest BCUT2D eigenvalue weighted by atomic mass is 32.1. The lowest BCUT2D eigenvalue weighted by Gasteiger charge is -2.12. The summed E-state index contributed by atoms with van der Waals surface area (Å²) in [5, 5.41) is 20.5. The van der Waals surface area contributed by atoms with Crippen molar-refractivity contribution in [1.82, 2.24) is 15.5 Å². The second-order valence-electron chi connectivity index (χ2n) is 3.01. The monoisotopic (exact) mass is 274 g/mol. The Kier molecular flexibility index (Phi) is 4.99. The number of nitrogens with one attached hydrogen (secondary N) is 2. The number of amides is 2. The number of urea groups is 1. The number of nitrogens with zero attached hydrogens (tertiary/aromatic N) is 2. The number of aliphatic carboxylic acids is 1. The molecular formula is C8H10N4O5S.